The van der Waals surface area contributed by atoms with Gasteiger partial charge in [-0.1, -0.05) is 6.92 Å². The number of ether oxygens (including phenoxy) is 3. The van der Waals surface area contributed by atoms with Gasteiger partial charge in [0.25, 0.3) is 0 Å². The standard InChI is InChI=1S/C16H25FO5/c1-9-5-6-11-15(3,17)12(18-4)19-13-16(11)10(9)7-8-14(2,20-13)21-22-16/h9-13H,5-8H2,1-4H3/t9-,10+,11+,12-,13-,14+,15-,16-/m1/s1. The molecule has 0 aromatic carbocycles. The van der Waals surface area contributed by atoms with Crippen molar-refractivity contribution in [3.63, 3.8) is 0 Å². The molecule has 5 aliphatic rings. The first kappa shape index (κ1) is 15.3. The maximum Gasteiger partial charge on any atom is 0.201 e. The predicted molar refractivity (Wildman–Crippen MR) is 74.2 cm³/mol. The van der Waals surface area contributed by atoms with Gasteiger partial charge in [-0.2, -0.15) is 0 Å². The Labute approximate surface area is 130 Å². The van der Waals surface area contributed by atoms with E-state index in [1.807, 2.05) is 6.92 Å². The molecule has 1 saturated carbocycles. The molecule has 22 heavy (non-hydrogen) atoms. The Balaban J connectivity index is 1.83. The van der Waals surface area contributed by atoms with Crippen LogP contribution in [-0.4, -0.2) is 36.7 Å². The zero-order chi connectivity index (χ0) is 15.8. The van der Waals surface area contributed by atoms with Gasteiger partial charge < -0.3 is 14.2 Å². The van der Waals surface area contributed by atoms with Crippen molar-refractivity contribution in [2.75, 3.05) is 7.11 Å². The smallest absolute Gasteiger partial charge is 0.201 e. The Morgan fingerprint density at radius 1 is 1.14 bits per heavy atom. The summed E-state index contributed by atoms with van der Waals surface area (Å²) < 4.78 is 32.8. The Morgan fingerprint density at radius 2 is 1.91 bits per heavy atom. The van der Waals surface area contributed by atoms with Crippen LogP contribution in [0.2, 0.25) is 0 Å². The first-order valence-corrected chi connectivity index (χ1v) is 8.25. The molecule has 5 nitrogen and oxygen atoms in total. The van der Waals surface area contributed by atoms with E-state index in [-0.39, 0.29) is 11.8 Å². The first-order valence-electron chi connectivity index (χ1n) is 8.25. The third kappa shape index (κ3) is 1.76. The first-order chi connectivity index (χ1) is 10.3. The van der Waals surface area contributed by atoms with Gasteiger partial charge in [0.1, 0.15) is 0 Å². The Hall–Kier alpha value is -0.270. The lowest BCUT2D eigenvalue weighted by Crippen LogP contribution is -2.74. The molecule has 126 valence electrons. The van der Waals surface area contributed by atoms with Crippen molar-refractivity contribution in [3.05, 3.63) is 0 Å². The van der Waals surface area contributed by atoms with Crippen molar-refractivity contribution in [2.24, 2.45) is 17.8 Å². The van der Waals surface area contributed by atoms with Crippen molar-refractivity contribution in [2.45, 2.75) is 76.1 Å². The lowest BCUT2D eigenvalue weighted by Gasteiger charge is -2.61. The van der Waals surface area contributed by atoms with Gasteiger partial charge in [0.2, 0.25) is 5.79 Å². The van der Waals surface area contributed by atoms with Gasteiger partial charge in [-0.15, -0.1) is 0 Å². The van der Waals surface area contributed by atoms with Crippen molar-refractivity contribution in [1.29, 1.82) is 0 Å². The van der Waals surface area contributed by atoms with Crippen LogP contribution in [0.5, 0.6) is 0 Å². The zero-order valence-electron chi connectivity index (χ0n) is 13.6. The highest BCUT2D eigenvalue weighted by molar-refractivity contribution is 5.13. The minimum absolute atomic E-state index is 0.161. The Morgan fingerprint density at radius 3 is 2.64 bits per heavy atom. The molecule has 5 rings (SSSR count). The van der Waals surface area contributed by atoms with Gasteiger partial charge in [-0.25, -0.2) is 14.2 Å². The summed E-state index contributed by atoms with van der Waals surface area (Å²) >= 11 is 0. The molecule has 4 saturated heterocycles. The summed E-state index contributed by atoms with van der Waals surface area (Å²) in [6.45, 7) is 5.60. The normalized spacial score (nSPS) is 60.7. The molecule has 4 aliphatic heterocycles. The summed E-state index contributed by atoms with van der Waals surface area (Å²) in [6, 6.07) is 0. The predicted octanol–water partition coefficient (Wildman–Crippen LogP) is 2.93. The Bertz CT molecular complexity index is 471. The van der Waals surface area contributed by atoms with Crippen LogP contribution >= 0.6 is 0 Å². The number of hydrogen-bond acceptors (Lipinski definition) is 5. The van der Waals surface area contributed by atoms with E-state index in [1.54, 1.807) is 6.92 Å². The number of hydrogen-bond donors (Lipinski definition) is 0. The van der Waals surface area contributed by atoms with E-state index in [2.05, 4.69) is 6.92 Å². The van der Waals surface area contributed by atoms with Crippen molar-refractivity contribution in [1.82, 2.24) is 0 Å². The summed E-state index contributed by atoms with van der Waals surface area (Å²) in [5.41, 5.74) is -2.53. The van der Waals surface area contributed by atoms with E-state index in [1.165, 1.54) is 7.11 Å². The van der Waals surface area contributed by atoms with Crippen molar-refractivity contribution >= 4 is 0 Å². The quantitative estimate of drug-likeness (QED) is 0.696. The topological polar surface area (TPSA) is 46.2 Å². The molecule has 0 aromatic heterocycles. The summed E-state index contributed by atoms with van der Waals surface area (Å²) in [7, 11) is 1.47. The second-order valence-electron chi connectivity index (χ2n) is 7.71. The minimum atomic E-state index is -1.64. The van der Waals surface area contributed by atoms with E-state index >= 15 is 4.39 Å². The van der Waals surface area contributed by atoms with Gasteiger partial charge in [-0.3, -0.25) is 0 Å². The second-order valence-corrected chi connectivity index (χ2v) is 7.71. The van der Waals surface area contributed by atoms with Crippen molar-refractivity contribution < 1.29 is 28.4 Å². The lowest BCUT2D eigenvalue weighted by atomic mass is 9.57. The van der Waals surface area contributed by atoms with E-state index < -0.39 is 29.6 Å². The fraction of sp³-hybridized carbons (Fsp3) is 1.00. The van der Waals surface area contributed by atoms with Gasteiger partial charge >= 0.3 is 0 Å². The minimum Gasteiger partial charge on any atom is -0.353 e. The van der Waals surface area contributed by atoms with Crippen LogP contribution in [0.1, 0.15) is 46.5 Å². The third-order valence-electron chi connectivity index (χ3n) is 6.32. The molecule has 5 fully saturated rings. The number of halogens is 1. The van der Waals surface area contributed by atoms with Gasteiger partial charge in [-0.05, 0) is 44.9 Å². The number of methoxy groups -OCH3 is 1. The van der Waals surface area contributed by atoms with Crippen LogP contribution in [0, 0.1) is 17.8 Å². The highest BCUT2D eigenvalue weighted by atomic mass is 19.1. The summed E-state index contributed by atoms with van der Waals surface area (Å²) in [5.74, 6) is -0.620. The van der Waals surface area contributed by atoms with E-state index in [0.29, 0.717) is 12.3 Å². The molecule has 1 aliphatic carbocycles. The van der Waals surface area contributed by atoms with Gasteiger partial charge in [0.05, 0.1) is 0 Å². The molecule has 0 unspecified atom stereocenters. The Kier molecular flexibility index (Phi) is 3.22. The largest absolute Gasteiger partial charge is 0.353 e. The van der Waals surface area contributed by atoms with Crippen LogP contribution in [0.3, 0.4) is 0 Å². The summed E-state index contributed by atoms with van der Waals surface area (Å²) in [4.78, 5) is 11.5. The van der Waals surface area contributed by atoms with Crippen LogP contribution in [0.25, 0.3) is 0 Å². The molecule has 0 radical (unpaired) electrons. The zero-order valence-corrected chi connectivity index (χ0v) is 13.6. The number of alkyl halides is 1. The molecule has 0 aromatic rings. The fourth-order valence-corrected chi connectivity index (χ4v) is 5.14. The third-order valence-corrected chi connectivity index (χ3v) is 6.32. The molecule has 0 amide bonds. The SMILES string of the molecule is CO[C@@H]1O[C@@H]2O[C@]3(C)CC[C@H]4[C@H](C)CC[C@@H]([C@@]1(C)F)[C@@]24OO3. The molecule has 0 N–H and O–H groups in total. The highest BCUT2D eigenvalue weighted by Gasteiger charge is 2.73. The molecule has 1 spiro atoms. The highest BCUT2D eigenvalue weighted by Crippen LogP contribution is 2.62. The second kappa shape index (κ2) is 4.63. The molecule has 8 atom stereocenters. The number of rotatable bonds is 1. The van der Waals surface area contributed by atoms with Gasteiger partial charge in [0.15, 0.2) is 23.8 Å². The van der Waals surface area contributed by atoms with Crippen molar-refractivity contribution in [3.8, 4) is 0 Å². The van der Waals surface area contributed by atoms with E-state index in [0.717, 1.165) is 19.3 Å². The maximum atomic E-state index is 15.5. The average Bonchev–Trinajstić information content (AvgIpc) is 2.69. The maximum absolute atomic E-state index is 15.5. The monoisotopic (exact) mass is 316 g/mol. The van der Waals surface area contributed by atoms with Crippen LogP contribution < -0.4 is 0 Å². The molecular weight excluding hydrogens is 291 g/mol. The molecule has 6 heteroatoms. The van der Waals surface area contributed by atoms with Crippen LogP contribution in [0.15, 0.2) is 0 Å². The molecular formula is C16H25FO5. The summed E-state index contributed by atoms with van der Waals surface area (Å²) in [6.07, 6.45) is 1.70. The van der Waals surface area contributed by atoms with E-state index in [9.17, 15) is 0 Å². The van der Waals surface area contributed by atoms with Crippen LogP contribution in [0.4, 0.5) is 4.39 Å². The fourth-order valence-electron chi connectivity index (χ4n) is 5.14. The molecule has 2 bridgehead atoms. The lowest BCUT2D eigenvalue weighted by molar-refractivity contribution is -0.581. The van der Waals surface area contributed by atoms with Gasteiger partial charge in [0, 0.05) is 19.4 Å². The van der Waals surface area contributed by atoms with Crippen LogP contribution in [-0.2, 0) is 24.0 Å². The summed E-state index contributed by atoms with van der Waals surface area (Å²) in [5, 5.41) is 0. The number of fused-ring (bicyclic) bond motifs is 2. The molecule has 4 heterocycles. The van der Waals surface area contributed by atoms with E-state index in [4.69, 9.17) is 24.0 Å². The average molecular weight is 316 g/mol.